The van der Waals surface area contributed by atoms with Crippen LogP contribution in [0.15, 0.2) is 15.4 Å². The Kier molecular flexibility index (Phi) is 4.63. The van der Waals surface area contributed by atoms with E-state index in [0.717, 1.165) is 0 Å². The number of halogens is 1. The smallest absolute Gasteiger partial charge is 0.246 e. The Balaban J connectivity index is 3.08. The van der Waals surface area contributed by atoms with Crippen molar-refractivity contribution in [2.75, 3.05) is 13.6 Å². The molecule has 4 nitrogen and oxygen atoms in total. The van der Waals surface area contributed by atoms with Crippen LogP contribution in [0, 0.1) is 12.8 Å². The van der Waals surface area contributed by atoms with Crippen LogP contribution in [0.25, 0.3) is 0 Å². The standard InChI is InChI=1S/C11H18ClNO3S/c1-8(2)7-13(4)17(14,15)11-5-10(6-12)16-9(11)3/h5,8H,6-7H2,1-4H3. The van der Waals surface area contributed by atoms with Crippen molar-refractivity contribution in [3.05, 3.63) is 17.6 Å². The number of sulfonamides is 1. The quantitative estimate of drug-likeness (QED) is 0.779. The van der Waals surface area contributed by atoms with Gasteiger partial charge >= 0.3 is 0 Å². The van der Waals surface area contributed by atoms with Gasteiger partial charge in [0, 0.05) is 19.7 Å². The van der Waals surface area contributed by atoms with Gasteiger partial charge in [-0.05, 0) is 12.8 Å². The van der Waals surface area contributed by atoms with Crippen LogP contribution in [0.2, 0.25) is 0 Å². The Morgan fingerprint density at radius 1 is 1.47 bits per heavy atom. The molecule has 98 valence electrons. The summed E-state index contributed by atoms with van der Waals surface area (Å²) in [7, 11) is -1.90. The molecule has 1 rings (SSSR count). The molecule has 1 heterocycles. The molecule has 0 spiro atoms. The highest BCUT2D eigenvalue weighted by atomic mass is 35.5. The van der Waals surface area contributed by atoms with E-state index in [0.29, 0.717) is 18.1 Å². The van der Waals surface area contributed by atoms with Crippen LogP contribution < -0.4 is 0 Å². The van der Waals surface area contributed by atoms with E-state index >= 15 is 0 Å². The summed E-state index contributed by atoms with van der Waals surface area (Å²) in [6.45, 7) is 6.05. The number of hydrogen-bond acceptors (Lipinski definition) is 3. The van der Waals surface area contributed by atoms with Crippen molar-refractivity contribution < 1.29 is 12.8 Å². The lowest BCUT2D eigenvalue weighted by Gasteiger charge is -2.18. The zero-order chi connectivity index (χ0) is 13.2. The molecule has 0 atom stereocenters. The van der Waals surface area contributed by atoms with Crippen molar-refractivity contribution in [2.45, 2.75) is 31.5 Å². The van der Waals surface area contributed by atoms with E-state index < -0.39 is 10.0 Å². The number of nitrogens with zero attached hydrogens (tertiary/aromatic N) is 1. The minimum absolute atomic E-state index is 0.171. The van der Waals surface area contributed by atoms with E-state index in [9.17, 15) is 8.42 Å². The highest BCUT2D eigenvalue weighted by Crippen LogP contribution is 2.24. The van der Waals surface area contributed by atoms with Gasteiger partial charge < -0.3 is 4.42 Å². The van der Waals surface area contributed by atoms with Crippen LogP contribution in [0.1, 0.15) is 25.4 Å². The van der Waals surface area contributed by atoms with E-state index in [4.69, 9.17) is 16.0 Å². The van der Waals surface area contributed by atoms with E-state index in [1.807, 2.05) is 13.8 Å². The lowest BCUT2D eigenvalue weighted by Crippen LogP contribution is -2.30. The predicted octanol–water partition coefficient (Wildman–Crippen LogP) is 2.60. The first-order valence-electron chi connectivity index (χ1n) is 5.40. The Hall–Kier alpha value is -0.520. The van der Waals surface area contributed by atoms with Gasteiger partial charge in [-0.3, -0.25) is 0 Å². The highest BCUT2D eigenvalue weighted by Gasteiger charge is 2.26. The Labute approximate surface area is 108 Å². The number of alkyl halides is 1. The Morgan fingerprint density at radius 3 is 2.47 bits per heavy atom. The molecule has 6 heteroatoms. The minimum atomic E-state index is -3.47. The molecule has 0 bridgehead atoms. The Bertz CT molecular complexity index is 479. The van der Waals surface area contributed by atoms with Gasteiger partial charge in [0.05, 0.1) is 5.88 Å². The third-order valence-corrected chi connectivity index (χ3v) is 4.56. The van der Waals surface area contributed by atoms with Crippen LogP contribution >= 0.6 is 11.6 Å². The molecule has 0 fully saturated rings. The van der Waals surface area contributed by atoms with Crippen LogP contribution in [0.5, 0.6) is 0 Å². The fourth-order valence-electron chi connectivity index (χ4n) is 1.63. The molecule has 0 radical (unpaired) electrons. The van der Waals surface area contributed by atoms with E-state index in [-0.39, 0.29) is 16.7 Å². The summed E-state index contributed by atoms with van der Waals surface area (Å²) < 4.78 is 31.1. The lowest BCUT2D eigenvalue weighted by atomic mass is 10.2. The summed E-state index contributed by atoms with van der Waals surface area (Å²) >= 11 is 5.62. The van der Waals surface area contributed by atoms with Gasteiger partial charge in [0.1, 0.15) is 16.4 Å². The van der Waals surface area contributed by atoms with Gasteiger partial charge in [0.25, 0.3) is 0 Å². The fraction of sp³-hybridized carbons (Fsp3) is 0.636. The highest BCUT2D eigenvalue weighted by molar-refractivity contribution is 7.89. The van der Waals surface area contributed by atoms with E-state index in [2.05, 4.69) is 0 Å². The molecule has 17 heavy (non-hydrogen) atoms. The first kappa shape index (κ1) is 14.5. The molecule has 0 saturated carbocycles. The molecule has 1 aromatic heterocycles. The number of aryl methyl sites for hydroxylation is 1. The third-order valence-electron chi connectivity index (χ3n) is 2.37. The molecular formula is C11H18ClNO3S. The topological polar surface area (TPSA) is 50.5 Å². The molecule has 0 aliphatic heterocycles. The number of rotatable bonds is 5. The van der Waals surface area contributed by atoms with Crippen molar-refractivity contribution in [1.29, 1.82) is 0 Å². The zero-order valence-electron chi connectivity index (χ0n) is 10.5. The van der Waals surface area contributed by atoms with Crippen LogP contribution in [-0.2, 0) is 15.9 Å². The molecule has 1 aromatic rings. The molecule has 0 amide bonds. The second kappa shape index (κ2) is 5.42. The lowest BCUT2D eigenvalue weighted by molar-refractivity contribution is 0.415. The molecule has 0 saturated heterocycles. The second-order valence-corrected chi connectivity index (χ2v) is 6.73. The van der Waals surface area contributed by atoms with Crippen molar-refractivity contribution >= 4 is 21.6 Å². The van der Waals surface area contributed by atoms with Crippen molar-refractivity contribution in [2.24, 2.45) is 5.92 Å². The summed E-state index contributed by atoms with van der Waals surface area (Å²) in [5.41, 5.74) is 0. The van der Waals surface area contributed by atoms with Crippen molar-refractivity contribution in [1.82, 2.24) is 4.31 Å². The number of hydrogen-bond donors (Lipinski definition) is 0. The predicted molar refractivity (Wildman–Crippen MR) is 67.7 cm³/mol. The average molecular weight is 280 g/mol. The van der Waals surface area contributed by atoms with Gasteiger partial charge in [0.2, 0.25) is 10.0 Å². The molecular weight excluding hydrogens is 262 g/mol. The zero-order valence-corrected chi connectivity index (χ0v) is 12.1. The van der Waals surface area contributed by atoms with Crippen molar-refractivity contribution in [3.63, 3.8) is 0 Å². The summed E-state index contributed by atoms with van der Waals surface area (Å²) in [6, 6.07) is 1.49. The minimum Gasteiger partial charge on any atom is -0.464 e. The third kappa shape index (κ3) is 3.24. The maximum Gasteiger partial charge on any atom is 0.246 e. The summed E-state index contributed by atoms with van der Waals surface area (Å²) in [4.78, 5) is 0.205. The maximum absolute atomic E-state index is 12.2. The SMILES string of the molecule is Cc1oc(CCl)cc1S(=O)(=O)N(C)CC(C)C. The number of furan rings is 1. The molecule has 0 N–H and O–H groups in total. The van der Waals surface area contributed by atoms with Gasteiger partial charge in [-0.15, -0.1) is 11.6 Å². The molecule has 0 aromatic carbocycles. The van der Waals surface area contributed by atoms with Crippen LogP contribution in [-0.4, -0.2) is 26.3 Å². The monoisotopic (exact) mass is 279 g/mol. The van der Waals surface area contributed by atoms with E-state index in [1.165, 1.54) is 10.4 Å². The summed E-state index contributed by atoms with van der Waals surface area (Å²) in [6.07, 6.45) is 0. The van der Waals surface area contributed by atoms with Gasteiger partial charge in [-0.1, -0.05) is 13.8 Å². The average Bonchev–Trinajstić information content (AvgIpc) is 2.59. The fourth-order valence-corrected chi connectivity index (χ4v) is 3.27. The van der Waals surface area contributed by atoms with Gasteiger partial charge in [-0.2, -0.15) is 0 Å². The molecule has 0 aliphatic rings. The summed E-state index contributed by atoms with van der Waals surface area (Å²) in [5.74, 6) is 1.30. The van der Waals surface area contributed by atoms with Crippen LogP contribution in [0.3, 0.4) is 0 Å². The molecule has 0 unspecified atom stereocenters. The van der Waals surface area contributed by atoms with Crippen molar-refractivity contribution in [3.8, 4) is 0 Å². The Morgan fingerprint density at radius 2 is 2.06 bits per heavy atom. The summed E-state index contributed by atoms with van der Waals surface area (Å²) in [5, 5.41) is 0. The first-order valence-corrected chi connectivity index (χ1v) is 7.38. The first-order chi connectivity index (χ1) is 7.78. The molecule has 0 aliphatic carbocycles. The normalized spacial score (nSPS) is 12.6. The van der Waals surface area contributed by atoms with Crippen LogP contribution in [0.4, 0.5) is 0 Å². The van der Waals surface area contributed by atoms with Gasteiger partial charge in [-0.25, -0.2) is 12.7 Å². The largest absolute Gasteiger partial charge is 0.464 e. The van der Waals surface area contributed by atoms with Gasteiger partial charge in [0.15, 0.2) is 0 Å². The van der Waals surface area contributed by atoms with E-state index in [1.54, 1.807) is 14.0 Å². The maximum atomic E-state index is 12.2. The second-order valence-electron chi connectivity index (χ2n) is 4.45.